The summed E-state index contributed by atoms with van der Waals surface area (Å²) in [6.45, 7) is 1.94. The number of anilines is 1. The second kappa shape index (κ2) is 9.98. The van der Waals surface area contributed by atoms with E-state index in [1.54, 1.807) is 31.2 Å². The van der Waals surface area contributed by atoms with Crippen molar-refractivity contribution in [1.29, 1.82) is 0 Å². The van der Waals surface area contributed by atoms with Crippen molar-refractivity contribution < 1.29 is 19.1 Å². The third-order valence-electron chi connectivity index (χ3n) is 3.61. The number of aryl methyl sites for hydroxylation is 1. The summed E-state index contributed by atoms with van der Waals surface area (Å²) in [6.07, 6.45) is 0.954. The standard InChI is InChI=1S/C20H22N2O4/c1-2-26-20(25)16-9-11-17(12-10-16)22-19(24)14-21-18(23)13-8-15-6-4-3-5-7-15/h3-7,9-12H,2,8,13-14H2,1H3,(H,21,23)(H,22,24). The van der Waals surface area contributed by atoms with Gasteiger partial charge in [-0.3, -0.25) is 9.59 Å². The Morgan fingerprint density at radius 3 is 2.27 bits per heavy atom. The number of carbonyl (C=O) groups excluding carboxylic acids is 3. The van der Waals surface area contributed by atoms with E-state index < -0.39 is 5.97 Å². The highest BCUT2D eigenvalue weighted by Crippen LogP contribution is 2.10. The quantitative estimate of drug-likeness (QED) is 0.714. The number of hydrogen-bond acceptors (Lipinski definition) is 4. The number of amides is 2. The Hall–Kier alpha value is -3.15. The number of ether oxygens (including phenoxy) is 1. The van der Waals surface area contributed by atoms with Crippen LogP contribution in [0.1, 0.15) is 29.3 Å². The van der Waals surface area contributed by atoms with Crippen molar-refractivity contribution in [2.45, 2.75) is 19.8 Å². The zero-order valence-electron chi connectivity index (χ0n) is 14.7. The summed E-state index contributed by atoms with van der Waals surface area (Å²) in [5, 5.41) is 5.26. The van der Waals surface area contributed by atoms with Crippen LogP contribution in [0.15, 0.2) is 54.6 Å². The molecule has 0 aliphatic carbocycles. The first-order valence-corrected chi connectivity index (χ1v) is 8.46. The molecular formula is C20H22N2O4. The fraction of sp³-hybridized carbons (Fsp3) is 0.250. The maximum absolute atomic E-state index is 11.9. The summed E-state index contributed by atoms with van der Waals surface area (Å²) in [7, 11) is 0. The topological polar surface area (TPSA) is 84.5 Å². The predicted octanol–water partition coefficient (Wildman–Crippen LogP) is 2.55. The zero-order chi connectivity index (χ0) is 18.8. The van der Waals surface area contributed by atoms with Crippen molar-refractivity contribution in [1.82, 2.24) is 5.32 Å². The van der Waals surface area contributed by atoms with E-state index >= 15 is 0 Å². The average Bonchev–Trinajstić information content (AvgIpc) is 2.66. The van der Waals surface area contributed by atoms with Gasteiger partial charge in [0.05, 0.1) is 18.7 Å². The minimum atomic E-state index is -0.406. The lowest BCUT2D eigenvalue weighted by Gasteiger charge is -2.08. The summed E-state index contributed by atoms with van der Waals surface area (Å²) >= 11 is 0. The highest BCUT2D eigenvalue weighted by atomic mass is 16.5. The molecule has 6 heteroatoms. The van der Waals surface area contributed by atoms with E-state index in [0.717, 1.165) is 5.56 Å². The molecule has 0 aliphatic heterocycles. The van der Waals surface area contributed by atoms with Gasteiger partial charge >= 0.3 is 5.97 Å². The lowest BCUT2D eigenvalue weighted by molar-refractivity contribution is -0.124. The lowest BCUT2D eigenvalue weighted by Crippen LogP contribution is -2.32. The van der Waals surface area contributed by atoms with Gasteiger partial charge in [-0.25, -0.2) is 4.79 Å². The summed E-state index contributed by atoms with van der Waals surface area (Å²) in [6, 6.07) is 16.1. The van der Waals surface area contributed by atoms with Crippen LogP contribution in [0, 0.1) is 0 Å². The van der Waals surface area contributed by atoms with Crippen molar-refractivity contribution in [3.63, 3.8) is 0 Å². The second-order valence-electron chi connectivity index (χ2n) is 5.61. The maximum atomic E-state index is 11.9. The largest absolute Gasteiger partial charge is 0.462 e. The molecule has 26 heavy (non-hydrogen) atoms. The molecule has 0 saturated heterocycles. The molecule has 0 unspecified atom stereocenters. The molecule has 0 radical (unpaired) electrons. The third kappa shape index (κ3) is 6.39. The van der Waals surface area contributed by atoms with Crippen LogP contribution in [0.5, 0.6) is 0 Å². The third-order valence-corrected chi connectivity index (χ3v) is 3.61. The zero-order valence-corrected chi connectivity index (χ0v) is 14.7. The highest BCUT2D eigenvalue weighted by Gasteiger charge is 2.08. The molecule has 0 heterocycles. The van der Waals surface area contributed by atoms with Crippen LogP contribution >= 0.6 is 0 Å². The summed E-state index contributed by atoms with van der Waals surface area (Å²) in [4.78, 5) is 35.3. The van der Waals surface area contributed by atoms with Crippen molar-refractivity contribution in [2.75, 3.05) is 18.5 Å². The van der Waals surface area contributed by atoms with Crippen LogP contribution in [-0.2, 0) is 20.7 Å². The van der Waals surface area contributed by atoms with Crippen LogP contribution < -0.4 is 10.6 Å². The molecule has 2 N–H and O–H groups in total. The minimum absolute atomic E-state index is 0.104. The molecule has 0 spiro atoms. The molecule has 0 aliphatic rings. The summed E-state index contributed by atoms with van der Waals surface area (Å²) in [5.41, 5.74) is 2.04. The molecule has 2 aromatic rings. The number of benzene rings is 2. The van der Waals surface area contributed by atoms with E-state index in [2.05, 4.69) is 10.6 Å². The van der Waals surface area contributed by atoms with Crippen LogP contribution in [0.25, 0.3) is 0 Å². The number of hydrogen-bond donors (Lipinski definition) is 2. The number of esters is 1. The van der Waals surface area contributed by atoms with Gasteiger partial charge in [-0.2, -0.15) is 0 Å². The van der Waals surface area contributed by atoms with E-state index in [1.807, 2.05) is 30.3 Å². The van der Waals surface area contributed by atoms with Crippen LogP contribution in [0.3, 0.4) is 0 Å². The van der Waals surface area contributed by atoms with E-state index in [4.69, 9.17) is 4.74 Å². The van der Waals surface area contributed by atoms with Gasteiger partial charge in [0.25, 0.3) is 0 Å². The van der Waals surface area contributed by atoms with E-state index in [9.17, 15) is 14.4 Å². The average molecular weight is 354 g/mol. The minimum Gasteiger partial charge on any atom is -0.462 e. The Bertz CT molecular complexity index is 742. The first-order chi connectivity index (χ1) is 12.6. The summed E-state index contributed by atoms with van der Waals surface area (Å²) in [5.74, 6) is -0.917. The van der Waals surface area contributed by atoms with Crippen LogP contribution in [-0.4, -0.2) is 30.9 Å². The Balaban J connectivity index is 1.72. The van der Waals surface area contributed by atoms with Gasteiger partial charge in [0.15, 0.2) is 0 Å². The molecule has 0 fully saturated rings. The Morgan fingerprint density at radius 1 is 0.923 bits per heavy atom. The van der Waals surface area contributed by atoms with Gasteiger partial charge in [-0.15, -0.1) is 0 Å². The maximum Gasteiger partial charge on any atom is 0.338 e. The van der Waals surface area contributed by atoms with Gasteiger partial charge in [0.1, 0.15) is 0 Å². The van der Waals surface area contributed by atoms with Crippen molar-refractivity contribution >= 4 is 23.5 Å². The number of carbonyl (C=O) groups is 3. The monoisotopic (exact) mass is 354 g/mol. The van der Waals surface area contributed by atoms with Gasteiger partial charge in [0.2, 0.25) is 11.8 Å². The van der Waals surface area contributed by atoms with E-state index in [-0.39, 0.29) is 18.4 Å². The molecule has 0 bridgehead atoms. The SMILES string of the molecule is CCOC(=O)c1ccc(NC(=O)CNC(=O)CCc2ccccc2)cc1. The summed E-state index contributed by atoms with van der Waals surface area (Å²) < 4.78 is 4.89. The normalized spacial score (nSPS) is 10.0. The van der Waals surface area contributed by atoms with Gasteiger partial charge < -0.3 is 15.4 Å². The molecule has 0 aromatic heterocycles. The van der Waals surface area contributed by atoms with Gasteiger partial charge in [-0.1, -0.05) is 30.3 Å². The fourth-order valence-corrected chi connectivity index (χ4v) is 2.28. The van der Waals surface area contributed by atoms with Crippen molar-refractivity contribution in [2.24, 2.45) is 0 Å². The molecule has 2 amide bonds. The second-order valence-corrected chi connectivity index (χ2v) is 5.61. The molecule has 2 aromatic carbocycles. The molecule has 0 atom stereocenters. The lowest BCUT2D eigenvalue weighted by atomic mass is 10.1. The van der Waals surface area contributed by atoms with Gasteiger partial charge in [0, 0.05) is 12.1 Å². The molecule has 2 rings (SSSR count). The predicted molar refractivity (Wildman–Crippen MR) is 98.8 cm³/mol. The smallest absolute Gasteiger partial charge is 0.338 e. The van der Waals surface area contributed by atoms with Crippen LogP contribution in [0.2, 0.25) is 0 Å². The molecule has 0 saturated carbocycles. The highest BCUT2D eigenvalue weighted by molar-refractivity contribution is 5.95. The first-order valence-electron chi connectivity index (χ1n) is 8.46. The molecule has 136 valence electrons. The number of nitrogens with one attached hydrogen (secondary N) is 2. The Morgan fingerprint density at radius 2 is 1.62 bits per heavy atom. The van der Waals surface area contributed by atoms with Crippen LogP contribution in [0.4, 0.5) is 5.69 Å². The Kier molecular flexibility index (Phi) is 7.36. The van der Waals surface area contributed by atoms with E-state index in [0.29, 0.717) is 30.7 Å². The van der Waals surface area contributed by atoms with Crippen molar-refractivity contribution in [3.8, 4) is 0 Å². The van der Waals surface area contributed by atoms with E-state index in [1.165, 1.54) is 0 Å². The molecular weight excluding hydrogens is 332 g/mol. The Labute approximate surface area is 152 Å². The van der Waals surface area contributed by atoms with Crippen molar-refractivity contribution in [3.05, 3.63) is 65.7 Å². The van der Waals surface area contributed by atoms with Gasteiger partial charge in [-0.05, 0) is 43.2 Å². The number of rotatable bonds is 8. The fourth-order valence-electron chi connectivity index (χ4n) is 2.28. The molecule has 6 nitrogen and oxygen atoms in total. The first kappa shape index (κ1) is 19.2.